The van der Waals surface area contributed by atoms with E-state index in [9.17, 15) is 0 Å². The second kappa shape index (κ2) is 6.73. The van der Waals surface area contributed by atoms with Crippen LogP contribution in [0.4, 0.5) is 0 Å². The monoisotopic (exact) mass is 305 g/mol. The van der Waals surface area contributed by atoms with Gasteiger partial charge in [-0.05, 0) is 30.6 Å². The Balaban J connectivity index is 2.23. The van der Waals surface area contributed by atoms with E-state index in [-0.39, 0.29) is 5.41 Å². The van der Waals surface area contributed by atoms with Crippen LogP contribution < -0.4 is 5.73 Å². The summed E-state index contributed by atoms with van der Waals surface area (Å²) in [7, 11) is 0. The van der Waals surface area contributed by atoms with Crippen molar-refractivity contribution in [1.82, 2.24) is 9.88 Å². The zero-order valence-corrected chi connectivity index (χ0v) is 13.8. The van der Waals surface area contributed by atoms with Crippen LogP contribution in [0.2, 0.25) is 5.15 Å². The first-order chi connectivity index (χ1) is 9.95. The van der Waals surface area contributed by atoms with Gasteiger partial charge in [0.15, 0.2) is 0 Å². The molecule has 0 atom stereocenters. The smallest absolute Gasteiger partial charge is 0.134 e. The van der Waals surface area contributed by atoms with Gasteiger partial charge in [-0.1, -0.05) is 50.6 Å². The normalized spacial score (nSPS) is 12.3. The highest BCUT2D eigenvalue weighted by atomic mass is 35.5. The Morgan fingerprint density at radius 1 is 1.29 bits per heavy atom. The Bertz CT molecular complexity index is 610. The van der Waals surface area contributed by atoms with Gasteiger partial charge in [-0.25, -0.2) is 4.98 Å². The SMILES string of the molecule is CCN(Cc1cc2ccccc2nc1Cl)CC(C)(C)CN. The number of nitrogens with two attached hydrogens (primary N) is 1. The lowest BCUT2D eigenvalue weighted by atomic mass is 9.93. The van der Waals surface area contributed by atoms with Crippen LogP contribution in [0.1, 0.15) is 26.3 Å². The van der Waals surface area contributed by atoms with Crippen LogP contribution in [-0.4, -0.2) is 29.5 Å². The van der Waals surface area contributed by atoms with Crippen molar-refractivity contribution in [3.05, 3.63) is 41.0 Å². The van der Waals surface area contributed by atoms with E-state index in [1.54, 1.807) is 0 Å². The zero-order chi connectivity index (χ0) is 15.5. The van der Waals surface area contributed by atoms with E-state index in [0.717, 1.165) is 36.1 Å². The molecule has 0 radical (unpaired) electrons. The maximum absolute atomic E-state index is 6.35. The zero-order valence-electron chi connectivity index (χ0n) is 13.1. The Hall–Kier alpha value is -1.16. The third kappa shape index (κ3) is 4.16. The third-order valence-electron chi connectivity index (χ3n) is 3.80. The second-order valence-electron chi connectivity index (χ2n) is 6.30. The minimum Gasteiger partial charge on any atom is -0.330 e. The molecule has 0 aliphatic heterocycles. The Morgan fingerprint density at radius 2 is 2.00 bits per heavy atom. The topological polar surface area (TPSA) is 42.2 Å². The van der Waals surface area contributed by atoms with Crippen molar-refractivity contribution in [3.8, 4) is 0 Å². The molecule has 1 heterocycles. The van der Waals surface area contributed by atoms with Crippen molar-refractivity contribution >= 4 is 22.5 Å². The van der Waals surface area contributed by atoms with E-state index in [2.05, 4.69) is 42.8 Å². The molecule has 0 saturated heterocycles. The van der Waals surface area contributed by atoms with Gasteiger partial charge in [0.1, 0.15) is 5.15 Å². The molecule has 0 aliphatic carbocycles. The van der Waals surface area contributed by atoms with Crippen LogP contribution in [0.25, 0.3) is 10.9 Å². The summed E-state index contributed by atoms with van der Waals surface area (Å²) in [6.07, 6.45) is 0. The molecule has 3 nitrogen and oxygen atoms in total. The number of fused-ring (bicyclic) bond motifs is 1. The van der Waals surface area contributed by atoms with Crippen molar-refractivity contribution in [1.29, 1.82) is 0 Å². The highest BCUT2D eigenvalue weighted by Gasteiger charge is 2.20. The van der Waals surface area contributed by atoms with Crippen molar-refractivity contribution in [2.75, 3.05) is 19.6 Å². The number of hydrogen-bond donors (Lipinski definition) is 1. The van der Waals surface area contributed by atoms with Crippen LogP contribution in [0, 0.1) is 5.41 Å². The van der Waals surface area contributed by atoms with Crippen molar-refractivity contribution in [3.63, 3.8) is 0 Å². The van der Waals surface area contributed by atoms with E-state index in [0.29, 0.717) is 11.7 Å². The lowest BCUT2D eigenvalue weighted by molar-refractivity contribution is 0.183. The number of rotatable bonds is 6. The molecule has 2 aromatic rings. The molecule has 0 spiro atoms. The largest absolute Gasteiger partial charge is 0.330 e. The van der Waals surface area contributed by atoms with Gasteiger partial charge in [-0.3, -0.25) is 4.90 Å². The maximum atomic E-state index is 6.35. The summed E-state index contributed by atoms with van der Waals surface area (Å²) in [5.74, 6) is 0. The molecule has 2 N–H and O–H groups in total. The number of aromatic nitrogens is 1. The van der Waals surface area contributed by atoms with Gasteiger partial charge in [0.2, 0.25) is 0 Å². The number of pyridine rings is 1. The fraction of sp³-hybridized carbons (Fsp3) is 0.471. The summed E-state index contributed by atoms with van der Waals surface area (Å²) in [6, 6.07) is 10.2. The van der Waals surface area contributed by atoms with Gasteiger partial charge in [0.25, 0.3) is 0 Å². The minimum atomic E-state index is 0.104. The Kier molecular flexibility index (Phi) is 5.20. The van der Waals surface area contributed by atoms with E-state index < -0.39 is 0 Å². The standard InChI is InChI=1S/C17H24ClN3/c1-4-21(12-17(2,3)11-19)10-14-9-13-7-5-6-8-15(13)20-16(14)18/h5-9H,4,10-12,19H2,1-3H3. The molecule has 114 valence electrons. The van der Waals surface area contributed by atoms with Gasteiger partial charge in [-0.2, -0.15) is 0 Å². The molecule has 21 heavy (non-hydrogen) atoms. The average molecular weight is 306 g/mol. The molecule has 1 aromatic heterocycles. The summed E-state index contributed by atoms with van der Waals surface area (Å²) in [5.41, 5.74) is 7.96. The number of benzene rings is 1. The van der Waals surface area contributed by atoms with Gasteiger partial charge < -0.3 is 5.73 Å². The first-order valence-corrected chi connectivity index (χ1v) is 7.79. The average Bonchev–Trinajstić information content (AvgIpc) is 2.47. The van der Waals surface area contributed by atoms with Crippen LogP contribution in [0.3, 0.4) is 0 Å². The molecule has 0 fully saturated rings. The molecule has 0 saturated carbocycles. The molecular weight excluding hydrogens is 282 g/mol. The summed E-state index contributed by atoms with van der Waals surface area (Å²) in [5, 5.41) is 1.73. The summed E-state index contributed by atoms with van der Waals surface area (Å²) >= 11 is 6.35. The Labute approximate surface area is 132 Å². The summed E-state index contributed by atoms with van der Waals surface area (Å²) in [6.45, 7) is 9.93. The summed E-state index contributed by atoms with van der Waals surface area (Å²) in [4.78, 5) is 6.86. The van der Waals surface area contributed by atoms with Crippen molar-refractivity contribution in [2.24, 2.45) is 11.1 Å². The molecule has 4 heteroatoms. The van der Waals surface area contributed by atoms with E-state index in [1.165, 1.54) is 0 Å². The van der Waals surface area contributed by atoms with E-state index in [4.69, 9.17) is 17.3 Å². The number of nitrogens with zero attached hydrogens (tertiary/aromatic N) is 2. The number of hydrogen-bond acceptors (Lipinski definition) is 3. The molecular formula is C17H24ClN3. The Morgan fingerprint density at radius 3 is 2.67 bits per heavy atom. The quantitative estimate of drug-likeness (QED) is 0.828. The molecule has 2 rings (SSSR count). The maximum Gasteiger partial charge on any atom is 0.134 e. The first kappa shape index (κ1) is 16.2. The fourth-order valence-electron chi connectivity index (χ4n) is 2.44. The molecule has 0 bridgehead atoms. The summed E-state index contributed by atoms with van der Waals surface area (Å²) < 4.78 is 0. The molecule has 1 aromatic carbocycles. The molecule has 0 unspecified atom stereocenters. The van der Waals surface area contributed by atoms with Crippen LogP contribution >= 0.6 is 11.6 Å². The lowest BCUT2D eigenvalue weighted by Gasteiger charge is -2.31. The second-order valence-corrected chi connectivity index (χ2v) is 6.66. The fourth-order valence-corrected chi connectivity index (χ4v) is 2.64. The highest BCUT2D eigenvalue weighted by Crippen LogP contribution is 2.23. The lowest BCUT2D eigenvalue weighted by Crippen LogP contribution is -2.38. The van der Waals surface area contributed by atoms with Gasteiger partial charge >= 0.3 is 0 Å². The van der Waals surface area contributed by atoms with Gasteiger partial charge in [0, 0.05) is 24.0 Å². The van der Waals surface area contributed by atoms with Crippen LogP contribution in [0.15, 0.2) is 30.3 Å². The van der Waals surface area contributed by atoms with E-state index >= 15 is 0 Å². The highest BCUT2D eigenvalue weighted by molar-refractivity contribution is 6.30. The number of para-hydroxylation sites is 1. The molecule has 0 amide bonds. The predicted octanol–water partition coefficient (Wildman–Crippen LogP) is 3.70. The van der Waals surface area contributed by atoms with Gasteiger partial charge in [0.05, 0.1) is 5.52 Å². The predicted molar refractivity (Wildman–Crippen MR) is 90.5 cm³/mol. The first-order valence-electron chi connectivity index (χ1n) is 7.42. The van der Waals surface area contributed by atoms with Crippen LogP contribution in [-0.2, 0) is 6.54 Å². The minimum absolute atomic E-state index is 0.104. The van der Waals surface area contributed by atoms with Crippen LogP contribution in [0.5, 0.6) is 0 Å². The van der Waals surface area contributed by atoms with Crippen molar-refractivity contribution < 1.29 is 0 Å². The van der Waals surface area contributed by atoms with E-state index in [1.807, 2.05) is 18.2 Å². The molecule has 0 aliphatic rings. The third-order valence-corrected chi connectivity index (χ3v) is 4.12. The number of halogens is 1. The van der Waals surface area contributed by atoms with Crippen molar-refractivity contribution in [2.45, 2.75) is 27.3 Å². The van der Waals surface area contributed by atoms with Gasteiger partial charge in [-0.15, -0.1) is 0 Å².